The highest BCUT2D eigenvalue weighted by Gasteiger charge is 2.29. The van der Waals surface area contributed by atoms with Crippen molar-refractivity contribution < 1.29 is 9.53 Å². The summed E-state index contributed by atoms with van der Waals surface area (Å²) in [5.74, 6) is 1.42. The fourth-order valence-electron chi connectivity index (χ4n) is 5.18. The Morgan fingerprint density at radius 3 is 3.06 bits per heavy atom. The molecule has 1 atom stereocenters. The highest BCUT2D eigenvalue weighted by atomic mass is 16.5. The normalized spacial score (nSPS) is 16.7. The van der Waals surface area contributed by atoms with Gasteiger partial charge in [0.2, 0.25) is 0 Å². The average molecular weight is 445 g/mol. The highest BCUT2D eigenvalue weighted by molar-refractivity contribution is 6.04. The van der Waals surface area contributed by atoms with E-state index in [4.69, 9.17) is 9.84 Å². The molecule has 1 N–H and O–H groups in total. The summed E-state index contributed by atoms with van der Waals surface area (Å²) < 4.78 is 7.66. The van der Waals surface area contributed by atoms with E-state index >= 15 is 0 Å². The topological polar surface area (TPSA) is 69.0 Å². The van der Waals surface area contributed by atoms with Gasteiger partial charge in [-0.3, -0.25) is 14.5 Å². The van der Waals surface area contributed by atoms with Crippen molar-refractivity contribution >= 4 is 11.6 Å². The molecule has 0 saturated carbocycles. The van der Waals surface area contributed by atoms with Crippen molar-refractivity contribution in [3.63, 3.8) is 0 Å². The van der Waals surface area contributed by atoms with E-state index in [1.165, 1.54) is 24.1 Å². The van der Waals surface area contributed by atoms with E-state index in [2.05, 4.69) is 28.0 Å². The molecule has 33 heavy (non-hydrogen) atoms. The molecule has 1 aliphatic heterocycles. The van der Waals surface area contributed by atoms with Crippen LogP contribution in [0.15, 0.2) is 42.7 Å². The second-order valence-corrected chi connectivity index (χ2v) is 9.23. The number of aromatic nitrogens is 3. The summed E-state index contributed by atoms with van der Waals surface area (Å²) >= 11 is 0. The van der Waals surface area contributed by atoms with Gasteiger partial charge >= 0.3 is 0 Å². The Labute approximate surface area is 195 Å². The number of carbonyl (C=O) groups is 1. The van der Waals surface area contributed by atoms with Gasteiger partial charge in [-0.15, -0.1) is 0 Å². The van der Waals surface area contributed by atoms with E-state index in [0.29, 0.717) is 18.2 Å². The number of carbonyl (C=O) groups excluding carboxylic acids is 1. The molecule has 1 aromatic carbocycles. The van der Waals surface area contributed by atoms with Crippen LogP contribution in [0.2, 0.25) is 0 Å². The summed E-state index contributed by atoms with van der Waals surface area (Å²) in [6, 6.07) is 10.0. The van der Waals surface area contributed by atoms with Crippen LogP contribution in [-0.4, -0.2) is 27.3 Å². The van der Waals surface area contributed by atoms with Crippen molar-refractivity contribution in [2.24, 2.45) is 5.92 Å². The monoisotopic (exact) mass is 444 g/mol. The Hall–Kier alpha value is -3.15. The summed E-state index contributed by atoms with van der Waals surface area (Å²) in [6.07, 6.45) is 12.2. The molecule has 0 fully saturated rings. The van der Waals surface area contributed by atoms with E-state index in [-0.39, 0.29) is 5.91 Å². The highest BCUT2D eigenvalue weighted by Crippen LogP contribution is 2.32. The number of benzene rings is 1. The average Bonchev–Trinajstić information content (AvgIpc) is 3.44. The number of pyridine rings is 1. The Bertz CT molecular complexity index is 1120. The van der Waals surface area contributed by atoms with Gasteiger partial charge in [0.1, 0.15) is 5.75 Å². The van der Waals surface area contributed by atoms with Gasteiger partial charge in [0, 0.05) is 42.3 Å². The van der Waals surface area contributed by atoms with Crippen molar-refractivity contribution in [2.45, 2.75) is 64.8 Å². The Morgan fingerprint density at radius 1 is 1.27 bits per heavy atom. The SMILES string of the molecule is CCCn1nc(C(=O)Nc2ccc3c(c2)CCO3)c2c1CCC(CCCc1cccnc1)C2. The van der Waals surface area contributed by atoms with Gasteiger partial charge in [0.05, 0.1) is 6.61 Å². The van der Waals surface area contributed by atoms with Crippen LogP contribution in [0.3, 0.4) is 0 Å². The molecular weight excluding hydrogens is 412 g/mol. The molecule has 5 rings (SSSR count). The van der Waals surface area contributed by atoms with Crippen molar-refractivity contribution in [3.8, 4) is 5.75 Å². The molecule has 172 valence electrons. The quantitative estimate of drug-likeness (QED) is 0.531. The van der Waals surface area contributed by atoms with Crippen LogP contribution < -0.4 is 10.1 Å². The van der Waals surface area contributed by atoms with Crippen LogP contribution in [0.1, 0.15) is 65.5 Å². The summed E-state index contributed by atoms with van der Waals surface area (Å²) in [6.45, 7) is 3.73. The molecule has 3 heterocycles. The number of hydrogen-bond acceptors (Lipinski definition) is 4. The zero-order chi connectivity index (χ0) is 22.6. The Kier molecular flexibility index (Phi) is 6.42. The van der Waals surface area contributed by atoms with Gasteiger partial charge in [-0.05, 0) is 86.3 Å². The fraction of sp³-hybridized carbons (Fsp3) is 0.444. The molecule has 1 amide bonds. The Morgan fingerprint density at radius 2 is 2.21 bits per heavy atom. The van der Waals surface area contributed by atoms with Gasteiger partial charge in [0.15, 0.2) is 5.69 Å². The molecule has 1 unspecified atom stereocenters. The van der Waals surface area contributed by atoms with E-state index in [1.807, 2.05) is 36.7 Å². The number of aryl methyl sites for hydroxylation is 2. The summed E-state index contributed by atoms with van der Waals surface area (Å²) in [5.41, 5.74) is 6.28. The zero-order valence-corrected chi connectivity index (χ0v) is 19.3. The smallest absolute Gasteiger partial charge is 0.276 e. The zero-order valence-electron chi connectivity index (χ0n) is 19.3. The lowest BCUT2D eigenvalue weighted by molar-refractivity contribution is 0.102. The molecule has 6 heteroatoms. The van der Waals surface area contributed by atoms with E-state index in [1.54, 1.807) is 0 Å². The fourth-order valence-corrected chi connectivity index (χ4v) is 5.18. The number of ether oxygens (including phenoxy) is 1. The largest absolute Gasteiger partial charge is 0.493 e. The minimum atomic E-state index is -0.101. The molecule has 0 saturated heterocycles. The van der Waals surface area contributed by atoms with Gasteiger partial charge in [-0.2, -0.15) is 5.10 Å². The van der Waals surface area contributed by atoms with Gasteiger partial charge in [0.25, 0.3) is 5.91 Å². The lowest BCUT2D eigenvalue weighted by Gasteiger charge is -2.23. The van der Waals surface area contributed by atoms with Crippen LogP contribution in [-0.2, 0) is 32.2 Å². The second-order valence-electron chi connectivity index (χ2n) is 9.23. The van der Waals surface area contributed by atoms with Gasteiger partial charge < -0.3 is 10.1 Å². The molecule has 0 radical (unpaired) electrons. The van der Waals surface area contributed by atoms with Gasteiger partial charge in [-0.1, -0.05) is 13.0 Å². The summed E-state index contributed by atoms with van der Waals surface area (Å²) in [4.78, 5) is 17.5. The van der Waals surface area contributed by atoms with E-state index in [0.717, 1.165) is 67.6 Å². The molecule has 1 aliphatic carbocycles. The third kappa shape index (κ3) is 4.80. The number of fused-ring (bicyclic) bond motifs is 2. The lowest BCUT2D eigenvalue weighted by atomic mass is 9.83. The molecular formula is C27H32N4O2. The van der Waals surface area contributed by atoms with Crippen molar-refractivity contribution in [3.05, 3.63) is 70.8 Å². The first-order valence-electron chi connectivity index (χ1n) is 12.3. The van der Waals surface area contributed by atoms with Crippen LogP contribution in [0, 0.1) is 5.92 Å². The minimum Gasteiger partial charge on any atom is -0.493 e. The number of hydrogen-bond donors (Lipinski definition) is 1. The maximum atomic E-state index is 13.3. The lowest BCUT2D eigenvalue weighted by Crippen LogP contribution is -2.19. The minimum absolute atomic E-state index is 0.101. The number of rotatable bonds is 8. The first kappa shape index (κ1) is 21.7. The van der Waals surface area contributed by atoms with Crippen LogP contribution in [0.4, 0.5) is 5.69 Å². The van der Waals surface area contributed by atoms with Crippen molar-refractivity contribution in [1.29, 1.82) is 0 Å². The summed E-state index contributed by atoms with van der Waals surface area (Å²) in [5, 5.41) is 7.88. The molecule has 2 aliphatic rings. The van der Waals surface area contributed by atoms with Crippen LogP contribution in [0.5, 0.6) is 5.75 Å². The maximum Gasteiger partial charge on any atom is 0.276 e. The van der Waals surface area contributed by atoms with Crippen LogP contribution >= 0.6 is 0 Å². The van der Waals surface area contributed by atoms with E-state index < -0.39 is 0 Å². The standard InChI is InChI=1S/C27H32N4O2/c1-2-14-31-24-10-8-19(5-3-6-20-7-4-13-28-18-20)16-23(24)26(30-31)27(32)29-22-9-11-25-21(17-22)12-15-33-25/h4,7,9,11,13,17-19H,2-3,5-6,8,10,12,14-16H2,1H3,(H,29,32). The van der Waals surface area contributed by atoms with Crippen molar-refractivity contribution in [2.75, 3.05) is 11.9 Å². The number of nitrogens with zero attached hydrogens (tertiary/aromatic N) is 3. The third-order valence-electron chi connectivity index (χ3n) is 6.85. The predicted molar refractivity (Wildman–Crippen MR) is 129 cm³/mol. The van der Waals surface area contributed by atoms with Crippen molar-refractivity contribution in [1.82, 2.24) is 14.8 Å². The van der Waals surface area contributed by atoms with Crippen LogP contribution in [0.25, 0.3) is 0 Å². The first-order valence-corrected chi connectivity index (χ1v) is 12.3. The molecule has 3 aromatic rings. The molecule has 2 aromatic heterocycles. The maximum absolute atomic E-state index is 13.3. The number of anilines is 1. The molecule has 0 spiro atoms. The van der Waals surface area contributed by atoms with Gasteiger partial charge in [-0.25, -0.2) is 0 Å². The number of nitrogens with one attached hydrogen (secondary N) is 1. The molecule has 0 bridgehead atoms. The molecule has 6 nitrogen and oxygen atoms in total. The Balaban J connectivity index is 1.29. The summed E-state index contributed by atoms with van der Waals surface area (Å²) in [7, 11) is 0. The third-order valence-corrected chi connectivity index (χ3v) is 6.85. The predicted octanol–water partition coefficient (Wildman–Crippen LogP) is 5.00. The second kappa shape index (κ2) is 9.77. The van der Waals surface area contributed by atoms with E-state index in [9.17, 15) is 4.79 Å². The number of amides is 1. The first-order chi connectivity index (χ1) is 16.2.